The third kappa shape index (κ3) is 10.8. The monoisotopic (exact) mass is 513 g/mol. The average Bonchev–Trinajstić information content (AvgIpc) is 3.29. The molecule has 4 unspecified atom stereocenters. The fraction of sp³-hybridized carbons (Fsp3) is 0.619. The first-order chi connectivity index (χ1) is 16.5. The zero-order chi connectivity index (χ0) is 26.5. The lowest BCUT2D eigenvalue weighted by molar-refractivity contribution is -0.143. The molecule has 4 amide bonds. The number of amides is 4. The summed E-state index contributed by atoms with van der Waals surface area (Å²) in [7, 11) is 0. The molecular weight excluding hydrogens is 478 g/mol. The molecule has 0 aliphatic rings. The van der Waals surface area contributed by atoms with Gasteiger partial charge in [0.1, 0.15) is 18.1 Å². The van der Waals surface area contributed by atoms with Crippen molar-refractivity contribution in [3.63, 3.8) is 0 Å². The molecule has 1 aromatic rings. The number of aliphatic carboxylic acids is 1. The first-order valence-electron chi connectivity index (χ1n) is 11.1. The summed E-state index contributed by atoms with van der Waals surface area (Å²) in [6, 6.07) is -4.31. The number of hydrogen-bond acceptors (Lipinski definition) is 8. The van der Waals surface area contributed by atoms with Crippen LogP contribution in [0.1, 0.15) is 38.8 Å². The molecule has 196 valence electrons. The number of carboxylic acids is 1. The molecule has 1 aromatic heterocycles. The van der Waals surface area contributed by atoms with Crippen LogP contribution < -0.4 is 27.4 Å². The van der Waals surface area contributed by atoms with Crippen LogP contribution in [0.25, 0.3) is 0 Å². The van der Waals surface area contributed by atoms with E-state index < -0.39 is 59.7 Å². The number of thioether (sulfide) groups is 1. The van der Waals surface area contributed by atoms with Crippen molar-refractivity contribution >= 4 is 41.4 Å². The van der Waals surface area contributed by atoms with E-state index in [1.54, 1.807) is 20.0 Å². The summed E-state index contributed by atoms with van der Waals surface area (Å²) in [5, 5.41) is 16.9. The van der Waals surface area contributed by atoms with Gasteiger partial charge in [-0.1, -0.05) is 13.8 Å². The van der Waals surface area contributed by atoms with Crippen LogP contribution in [0.5, 0.6) is 0 Å². The van der Waals surface area contributed by atoms with Crippen molar-refractivity contribution in [1.29, 1.82) is 0 Å². The number of H-pyrrole nitrogens is 1. The van der Waals surface area contributed by atoms with Crippen molar-refractivity contribution in [2.45, 2.75) is 63.7 Å². The number of nitrogens with zero attached hydrogens (tertiary/aromatic N) is 1. The summed E-state index contributed by atoms with van der Waals surface area (Å²) in [6.07, 6.45) is 4.94. The van der Waals surface area contributed by atoms with Gasteiger partial charge in [-0.05, 0) is 30.8 Å². The number of carboxylic acid groups (broad SMARTS) is 1. The minimum atomic E-state index is -1.35. The van der Waals surface area contributed by atoms with E-state index in [-0.39, 0.29) is 25.7 Å². The van der Waals surface area contributed by atoms with E-state index >= 15 is 0 Å². The second kappa shape index (κ2) is 15.0. The Kier molecular flexibility index (Phi) is 12.8. The predicted molar refractivity (Wildman–Crippen MR) is 130 cm³/mol. The molecule has 14 heteroatoms. The number of aromatic amines is 1. The van der Waals surface area contributed by atoms with Crippen LogP contribution in [0.4, 0.5) is 0 Å². The van der Waals surface area contributed by atoms with Crippen LogP contribution in [-0.4, -0.2) is 80.8 Å². The zero-order valence-electron chi connectivity index (χ0n) is 20.1. The molecule has 0 aromatic carbocycles. The fourth-order valence-electron chi connectivity index (χ4n) is 3.10. The Bertz CT molecular complexity index is 864. The van der Waals surface area contributed by atoms with Crippen LogP contribution >= 0.6 is 11.8 Å². The number of aromatic nitrogens is 2. The van der Waals surface area contributed by atoms with Crippen LogP contribution in [0.15, 0.2) is 12.5 Å². The predicted octanol–water partition coefficient (Wildman–Crippen LogP) is -1.51. The molecule has 0 fully saturated rings. The molecular formula is C21H35N7O6S. The van der Waals surface area contributed by atoms with E-state index in [1.807, 2.05) is 6.26 Å². The lowest BCUT2D eigenvalue weighted by Gasteiger charge is -2.27. The quantitative estimate of drug-likeness (QED) is 0.136. The summed E-state index contributed by atoms with van der Waals surface area (Å²) < 4.78 is 0. The Morgan fingerprint density at radius 1 is 1.06 bits per heavy atom. The Hall–Kier alpha value is -3.13. The molecule has 4 atom stereocenters. The van der Waals surface area contributed by atoms with Gasteiger partial charge in [0.2, 0.25) is 23.6 Å². The van der Waals surface area contributed by atoms with E-state index in [0.29, 0.717) is 11.4 Å². The highest BCUT2D eigenvalue weighted by molar-refractivity contribution is 7.98. The van der Waals surface area contributed by atoms with Crippen molar-refractivity contribution in [1.82, 2.24) is 25.9 Å². The van der Waals surface area contributed by atoms with E-state index in [1.165, 1.54) is 18.1 Å². The molecule has 9 N–H and O–H groups in total. The Morgan fingerprint density at radius 3 is 2.23 bits per heavy atom. The van der Waals surface area contributed by atoms with Gasteiger partial charge in [0.15, 0.2) is 0 Å². The van der Waals surface area contributed by atoms with Gasteiger partial charge >= 0.3 is 5.97 Å². The third-order valence-corrected chi connectivity index (χ3v) is 5.76. The number of hydrogen-bond donors (Lipinski definition) is 7. The summed E-state index contributed by atoms with van der Waals surface area (Å²) in [5.74, 6) is -3.73. The summed E-state index contributed by atoms with van der Waals surface area (Å²) >= 11 is 1.48. The van der Waals surface area contributed by atoms with Crippen molar-refractivity contribution in [3.8, 4) is 0 Å². The van der Waals surface area contributed by atoms with Gasteiger partial charge in [0.25, 0.3) is 0 Å². The van der Waals surface area contributed by atoms with Crippen LogP contribution in [-0.2, 0) is 30.4 Å². The SMILES string of the molecule is CSCCC(NC(=O)C(N)Cc1cnc[nH]1)C(=O)NC(C(=O)NC(CCC(N)=O)C(=O)O)C(C)C. The highest BCUT2D eigenvalue weighted by Crippen LogP contribution is 2.08. The topological polar surface area (TPSA) is 222 Å². The highest BCUT2D eigenvalue weighted by Gasteiger charge is 2.32. The molecule has 0 bridgehead atoms. The third-order valence-electron chi connectivity index (χ3n) is 5.12. The lowest BCUT2D eigenvalue weighted by atomic mass is 10.0. The zero-order valence-corrected chi connectivity index (χ0v) is 20.9. The maximum Gasteiger partial charge on any atom is 0.326 e. The number of carbonyl (C=O) groups is 5. The highest BCUT2D eigenvalue weighted by atomic mass is 32.2. The molecule has 1 heterocycles. The van der Waals surface area contributed by atoms with Crippen molar-refractivity contribution < 1.29 is 29.1 Å². The van der Waals surface area contributed by atoms with E-state index in [4.69, 9.17) is 11.5 Å². The minimum Gasteiger partial charge on any atom is -0.480 e. The van der Waals surface area contributed by atoms with Gasteiger partial charge in [-0.2, -0.15) is 11.8 Å². The van der Waals surface area contributed by atoms with Gasteiger partial charge in [-0.3, -0.25) is 19.2 Å². The maximum atomic E-state index is 13.0. The molecule has 1 rings (SSSR count). The first-order valence-corrected chi connectivity index (χ1v) is 12.5. The number of rotatable bonds is 16. The number of nitrogens with one attached hydrogen (secondary N) is 4. The average molecular weight is 514 g/mol. The molecule has 0 saturated heterocycles. The molecule has 0 saturated carbocycles. The fourth-order valence-corrected chi connectivity index (χ4v) is 3.57. The standard InChI is InChI=1S/C21H35N7O6S/c1-11(2)17(20(32)27-15(21(33)34)4-5-16(23)29)28-19(31)14(6-7-35-3)26-18(30)13(22)8-12-9-24-10-25-12/h9-11,13-15,17H,4-8,22H2,1-3H3,(H2,23,29)(H,24,25)(H,26,30)(H,27,32)(H,28,31)(H,33,34). The molecule has 0 radical (unpaired) electrons. The van der Waals surface area contributed by atoms with Gasteiger partial charge < -0.3 is 37.5 Å². The van der Waals surface area contributed by atoms with Gasteiger partial charge in [-0.25, -0.2) is 9.78 Å². The van der Waals surface area contributed by atoms with Crippen molar-refractivity contribution in [2.24, 2.45) is 17.4 Å². The lowest BCUT2D eigenvalue weighted by Crippen LogP contribution is -2.58. The normalized spacial score (nSPS) is 14.4. The largest absolute Gasteiger partial charge is 0.480 e. The van der Waals surface area contributed by atoms with E-state index in [2.05, 4.69) is 25.9 Å². The Morgan fingerprint density at radius 2 is 1.71 bits per heavy atom. The van der Waals surface area contributed by atoms with Crippen LogP contribution in [0.3, 0.4) is 0 Å². The first kappa shape index (κ1) is 29.9. The molecule has 0 aliphatic carbocycles. The second-order valence-corrected chi connectivity index (χ2v) is 9.35. The summed E-state index contributed by atoms with van der Waals surface area (Å²) in [6.45, 7) is 3.36. The Balaban J connectivity index is 2.88. The van der Waals surface area contributed by atoms with Crippen LogP contribution in [0, 0.1) is 5.92 Å². The number of imidazole rings is 1. The van der Waals surface area contributed by atoms with E-state index in [0.717, 1.165) is 0 Å². The number of primary amides is 1. The van der Waals surface area contributed by atoms with Crippen LogP contribution in [0.2, 0.25) is 0 Å². The minimum absolute atomic E-state index is 0.185. The summed E-state index contributed by atoms with van der Waals surface area (Å²) in [5.41, 5.74) is 11.7. The number of nitrogens with two attached hydrogens (primary N) is 2. The smallest absolute Gasteiger partial charge is 0.326 e. The van der Waals surface area contributed by atoms with Gasteiger partial charge in [0.05, 0.1) is 12.4 Å². The Labute approximate surface area is 207 Å². The van der Waals surface area contributed by atoms with Crippen molar-refractivity contribution in [2.75, 3.05) is 12.0 Å². The van der Waals surface area contributed by atoms with Gasteiger partial charge in [-0.15, -0.1) is 0 Å². The van der Waals surface area contributed by atoms with Gasteiger partial charge in [0, 0.05) is 24.7 Å². The summed E-state index contributed by atoms with van der Waals surface area (Å²) in [4.78, 5) is 67.6. The van der Waals surface area contributed by atoms with E-state index in [9.17, 15) is 29.1 Å². The molecule has 0 aliphatic heterocycles. The number of carbonyl (C=O) groups excluding carboxylic acids is 4. The maximum absolute atomic E-state index is 13.0. The second-order valence-electron chi connectivity index (χ2n) is 8.36. The molecule has 35 heavy (non-hydrogen) atoms. The molecule has 0 spiro atoms. The van der Waals surface area contributed by atoms with Crippen molar-refractivity contribution in [3.05, 3.63) is 18.2 Å². The molecule has 13 nitrogen and oxygen atoms in total.